The molecule has 0 aliphatic rings. The molecule has 2 N–H and O–H groups in total. The number of aromatic carboxylic acids is 1. The van der Waals surface area contributed by atoms with Crippen molar-refractivity contribution in [3.8, 4) is 6.07 Å². The second-order valence-corrected chi connectivity index (χ2v) is 5.82. The van der Waals surface area contributed by atoms with Gasteiger partial charge in [-0.2, -0.15) is 5.26 Å². The van der Waals surface area contributed by atoms with Crippen molar-refractivity contribution >= 4 is 23.6 Å². The van der Waals surface area contributed by atoms with Crippen molar-refractivity contribution in [2.75, 3.05) is 5.32 Å². The molecule has 2 rings (SSSR count). The van der Waals surface area contributed by atoms with Gasteiger partial charge in [0.15, 0.2) is 0 Å². The molecule has 5 heteroatoms. The molecule has 0 aliphatic carbocycles. The summed E-state index contributed by atoms with van der Waals surface area (Å²) >= 11 is 0. The number of nitriles is 1. The molecule has 0 unspecified atom stereocenters. The number of carbonyl (C=O) groups is 2. The number of nitrogens with zero attached hydrogens (tertiary/aromatic N) is 1. The number of aryl methyl sites for hydroxylation is 3. The molecule has 0 aliphatic heterocycles. The molecular formula is C20H18N2O3. The normalized spacial score (nSPS) is 10.9. The average molecular weight is 334 g/mol. The van der Waals surface area contributed by atoms with E-state index in [1.165, 1.54) is 24.3 Å². The number of carbonyl (C=O) groups excluding carboxylic acids is 1. The highest BCUT2D eigenvalue weighted by molar-refractivity contribution is 6.10. The predicted octanol–water partition coefficient (Wildman–Crippen LogP) is 3.86. The summed E-state index contributed by atoms with van der Waals surface area (Å²) in [6, 6.07) is 11.7. The van der Waals surface area contributed by atoms with E-state index in [9.17, 15) is 14.9 Å². The van der Waals surface area contributed by atoms with Crippen molar-refractivity contribution in [3.63, 3.8) is 0 Å². The Morgan fingerprint density at radius 3 is 2.12 bits per heavy atom. The summed E-state index contributed by atoms with van der Waals surface area (Å²) in [5.41, 5.74) is 4.48. The smallest absolute Gasteiger partial charge is 0.335 e. The van der Waals surface area contributed by atoms with E-state index < -0.39 is 11.9 Å². The quantitative estimate of drug-likeness (QED) is 0.656. The van der Waals surface area contributed by atoms with Crippen molar-refractivity contribution in [1.82, 2.24) is 0 Å². The van der Waals surface area contributed by atoms with Crippen molar-refractivity contribution in [2.24, 2.45) is 0 Å². The van der Waals surface area contributed by atoms with Gasteiger partial charge in [-0.1, -0.05) is 17.7 Å². The highest BCUT2D eigenvalue weighted by atomic mass is 16.4. The first kappa shape index (κ1) is 18.0. The molecule has 1 amide bonds. The minimum Gasteiger partial charge on any atom is -0.478 e. The maximum atomic E-state index is 12.3. The average Bonchev–Trinajstić information content (AvgIpc) is 2.54. The molecule has 126 valence electrons. The van der Waals surface area contributed by atoms with Crippen LogP contribution in [0.5, 0.6) is 0 Å². The molecule has 2 aromatic carbocycles. The molecule has 0 aromatic heterocycles. The van der Waals surface area contributed by atoms with Crippen LogP contribution < -0.4 is 5.32 Å². The van der Waals surface area contributed by atoms with Gasteiger partial charge in [-0.05, 0) is 67.8 Å². The van der Waals surface area contributed by atoms with Gasteiger partial charge >= 0.3 is 5.97 Å². The number of nitrogens with one attached hydrogen (secondary N) is 1. The molecule has 0 radical (unpaired) electrons. The molecule has 2 aromatic rings. The van der Waals surface area contributed by atoms with Crippen LogP contribution in [0.3, 0.4) is 0 Å². The Bertz CT molecular complexity index is 881. The number of rotatable bonds is 4. The van der Waals surface area contributed by atoms with Gasteiger partial charge in [0.25, 0.3) is 5.91 Å². The Balaban J connectivity index is 2.27. The van der Waals surface area contributed by atoms with E-state index in [1.807, 2.05) is 39.0 Å². The zero-order valence-corrected chi connectivity index (χ0v) is 14.3. The third-order valence-electron chi connectivity index (χ3n) is 3.78. The van der Waals surface area contributed by atoms with E-state index in [4.69, 9.17) is 5.11 Å². The van der Waals surface area contributed by atoms with Crippen LogP contribution >= 0.6 is 0 Å². The first-order valence-corrected chi connectivity index (χ1v) is 7.66. The van der Waals surface area contributed by atoms with Crippen molar-refractivity contribution in [3.05, 3.63) is 69.8 Å². The SMILES string of the molecule is Cc1cc(C)c(/C=C(\C#N)C(=O)Nc2ccc(C(=O)O)cc2)c(C)c1. The van der Waals surface area contributed by atoms with Crippen LogP contribution in [0.1, 0.15) is 32.6 Å². The van der Waals surface area contributed by atoms with Crippen LogP contribution in [0.25, 0.3) is 6.08 Å². The zero-order chi connectivity index (χ0) is 18.6. The molecular weight excluding hydrogens is 316 g/mol. The maximum Gasteiger partial charge on any atom is 0.335 e. The molecule has 5 nitrogen and oxygen atoms in total. The van der Waals surface area contributed by atoms with Crippen LogP contribution in [0.15, 0.2) is 42.0 Å². The summed E-state index contributed by atoms with van der Waals surface area (Å²) in [5, 5.41) is 20.8. The fourth-order valence-electron chi connectivity index (χ4n) is 2.61. The van der Waals surface area contributed by atoms with Gasteiger partial charge in [0.05, 0.1) is 5.56 Å². The summed E-state index contributed by atoms with van der Waals surface area (Å²) < 4.78 is 0. The summed E-state index contributed by atoms with van der Waals surface area (Å²) in [6.07, 6.45) is 1.57. The molecule has 0 saturated carbocycles. The summed E-state index contributed by atoms with van der Waals surface area (Å²) in [5.74, 6) is -1.58. The Morgan fingerprint density at radius 1 is 1.08 bits per heavy atom. The Morgan fingerprint density at radius 2 is 1.64 bits per heavy atom. The second kappa shape index (κ2) is 7.45. The highest BCUT2D eigenvalue weighted by Gasteiger charge is 2.12. The van der Waals surface area contributed by atoms with Crippen LogP contribution in [-0.4, -0.2) is 17.0 Å². The van der Waals surface area contributed by atoms with E-state index in [2.05, 4.69) is 5.32 Å². The Hall–Kier alpha value is -3.39. The van der Waals surface area contributed by atoms with Gasteiger partial charge < -0.3 is 10.4 Å². The first-order valence-electron chi connectivity index (χ1n) is 7.66. The lowest BCUT2D eigenvalue weighted by atomic mass is 9.98. The maximum absolute atomic E-state index is 12.3. The monoisotopic (exact) mass is 334 g/mol. The lowest BCUT2D eigenvalue weighted by molar-refractivity contribution is -0.112. The van der Waals surface area contributed by atoms with Gasteiger partial charge in [-0.25, -0.2) is 4.79 Å². The number of carboxylic acid groups (broad SMARTS) is 1. The van der Waals surface area contributed by atoms with Crippen LogP contribution in [-0.2, 0) is 4.79 Å². The van der Waals surface area contributed by atoms with Gasteiger partial charge in [-0.3, -0.25) is 4.79 Å². The molecule has 0 saturated heterocycles. The van der Waals surface area contributed by atoms with Crippen molar-refractivity contribution in [2.45, 2.75) is 20.8 Å². The molecule has 0 bridgehead atoms. The van der Waals surface area contributed by atoms with Gasteiger partial charge in [0, 0.05) is 5.69 Å². The summed E-state index contributed by atoms with van der Waals surface area (Å²) in [7, 11) is 0. The van der Waals surface area contributed by atoms with Gasteiger partial charge in [-0.15, -0.1) is 0 Å². The molecule has 0 atom stereocenters. The minimum atomic E-state index is -1.04. The summed E-state index contributed by atoms with van der Waals surface area (Å²) in [6.45, 7) is 5.86. The van der Waals surface area contributed by atoms with E-state index in [-0.39, 0.29) is 11.1 Å². The number of amides is 1. The predicted molar refractivity (Wildman–Crippen MR) is 96.3 cm³/mol. The molecule has 25 heavy (non-hydrogen) atoms. The Kier molecular flexibility index (Phi) is 5.35. The number of hydrogen-bond donors (Lipinski definition) is 2. The fraction of sp³-hybridized carbons (Fsp3) is 0.150. The largest absolute Gasteiger partial charge is 0.478 e. The standard InChI is InChI=1S/C20H18N2O3/c1-12-8-13(2)18(14(3)9-12)10-16(11-21)19(23)22-17-6-4-15(5-7-17)20(24)25/h4-10H,1-3H3,(H,22,23)(H,24,25)/b16-10+. The second-order valence-electron chi connectivity index (χ2n) is 5.82. The lowest BCUT2D eigenvalue weighted by Gasteiger charge is -2.09. The topological polar surface area (TPSA) is 90.2 Å². The number of carboxylic acids is 1. The van der Waals surface area contributed by atoms with E-state index in [0.29, 0.717) is 5.69 Å². The fourth-order valence-corrected chi connectivity index (χ4v) is 2.61. The third-order valence-corrected chi connectivity index (χ3v) is 3.78. The highest BCUT2D eigenvalue weighted by Crippen LogP contribution is 2.20. The van der Waals surface area contributed by atoms with E-state index in [0.717, 1.165) is 22.3 Å². The molecule has 0 heterocycles. The van der Waals surface area contributed by atoms with Gasteiger partial charge in [0.1, 0.15) is 11.6 Å². The number of hydrogen-bond acceptors (Lipinski definition) is 3. The number of anilines is 1. The van der Waals surface area contributed by atoms with Crippen molar-refractivity contribution in [1.29, 1.82) is 5.26 Å². The van der Waals surface area contributed by atoms with Gasteiger partial charge in [0.2, 0.25) is 0 Å². The van der Waals surface area contributed by atoms with Crippen molar-refractivity contribution < 1.29 is 14.7 Å². The van der Waals surface area contributed by atoms with E-state index in [1.54, 1.807) is 6.08 Å². The van der Waals surface area contributed by atoms with E-state index >= 15 is 0 Å². The Labute approximate surface area is 146 Å². The zero-order valence-electron chi connectivity index (χ0n) is 14.3. The molecule has 0 spiro atoms. The van der Waals surface area contributed by atoms with Crippen LogP contribution in [0, 0.1) is 32.1 Å². The number of benzene rings is 2. The third kappa shape index (κ3) is 4.33. The first-order chi connectivity index (χ1) is 11.8. The minimum absolute atomic E-state index is 0.0163. The van der Waals surface area contributed by atoms with Crippen LogP contribution in [0.4, 0.5) is 5.69 Å². The molecule has 0 fully saturated rings. The lowest BCUT2D eigenvalue weighted by Crippen LogP contribution is -2.13. The summed E-state index contributed by atoms with van der Waals surface area (Å²) in [4.78, 5) is 23.2. The van der Waals surface area contributed by atoms with Crippen LogP contribution in [0.2, 0.25) is 0 Å².